The van der Waals surface area contributed by atoms with Crippen molar-refractivity contribution in [3.63, 3.8) is 0 Å². The van der Waals surface area contributed by atoms with Gasteiger partial charge in [-0.15, -0.1) is 0 Å². The monoisotopic (exact) mass is 220 g/mol. The van der Waals surface area contributed by atoms with Crippen molar-refractivity contribution in [2.75, 3.05) is 6.61 Å². The average Bonchev–Trinajstić information content (AvgIpc) is 2.02. The van der Waals surface area contributed by atoms with Crippen molar-refractivity contribution in [1.82, 2.24) is 0 Å². The van der Waals surface area contributed by atoms with Crippen molar-refractivity contribution in [3.8, 4) is 0 Å². The van der Waals surface area contributed by atoms with Gasteiger partial charge in [-0.1, -0.05) is 13.8 Å². The predicted octanol–water partition coefficient (Wildman–Crippen LogP) is 2.51. The zero-order valence-electron chi connectivity index (χ0n) is 8.93. The van der Waals surface area contributed by atoms with Crippen LogP contribution in [0.15, 0.2) is 0 Å². The van der Waals surface area contributed by atoms with Gasteiger partial charge in [-0.25, -0.2) is 0 Å². The summed E-state index contributed by atoms with van der Waals surface area (Å²) in [7, 11) is 0. The maximum Gasteiger partial charge on any atom is 0.306 e. The highest BCUT2D eigenvalue weighted by Crippen LogP contribution is 2.31. The van der Waals surface area contributed by atoms with E-state index in [0.717, 1.165) is 6.42 Å². The molecule has 0 saturated carbocycles. The van der Waals surface area contributed by atoms with Gasteiger partial charge in [-0.2, -0.15) is 0 Å². The molecule has 0 bridgehead atoms. The van der Waals surface area contributed by atoms with E-state index in [2.05, 4.69) is 0 Å². The molecular weight excluding hydrogens is 204 g/mol. The molecule has 0 aromatic rings. The number of ether oxygens (including phenoxy) is 1. The zero-order valence-corrected chi connectivity index (χ0v) is 9.69. The van der Waals surface area contributed by atoms with E-state index in [0.29, 0.717) is 6.61 Å². The number of rotatable bonds is 6. The molecule has 0 amide bonds. The second-order valence-corrected chi connectivity index (χ2v) is 4.10. The topological polar surface area (TPSA) is 43.4 Å². The highest BCUT2D eigenvalue weighted by atomic mass is 35.5. The Balaban J connectivity index is 4.24. The summed E-state index contributed by atoms with van der Waals surface area (Å²) < 4.78 is 4.83. The first-order valence-electron chi connectivity index (χ1n) is 4.77. The maximum atomic E-state index is 11.2. The summed E-state index contributed by atoms with van der Waals surface area (Å²) in [4.78, 5) is 22.0. The fraction of sp³-hybridized carbons (Fsp3) is 0.800. The largest absolute Gasteiger partial charge is 0.466 e. The Morgan fingerprint density at radius 2 is 1.86 bits per heavy atom. The van der Waals surface area contributed by atoms with Crippen molar-refractivity contribution in [3.05, 3.63) is 0 Å². The van der Waals surface area contributed by atoms with Crippen LogP contribution in [0.3, 0.4) is 0 Å². The molecule has 0 aliphatic carbocycles. The van der Waals surface area contributed by atoms with Crippen LogP contribution in [0, 0.1) is 5.41 Å². The van der Waals surface area contributed by atoms with E-state index in [4.69, 9.17) is 16.3 Å². The van der Waals surface area contributed by atoms with E-state index < -0.39 is 5.24 Å². The molecule has 0 aromatic carbocycles. The summed E-state index contributed by atoms with van der Waals surface area (Å²) in [5.41, 5.74) is -0.370. The molecule has 0 saturated heterocycles. The molecule has 1 unspecified atom stereocenters. The molecule has 0 spiro atoms. The van der Waals surface area contributed by atoms with E-state index in [1.165, 1.54) is 0 Å². The lowest BCUT2D eigenvalue weighted by Crippen LogP contribution is -2.23. The van der Waals surface area contributed by atoms with Gasteiger partial charge in [-0.3, -0.25) is 9.59 Å². The summed E-state index contributed by atoms with van der Waals surface area (Å²) in [6.07, 6.45) is 1.18. The van der Waals surface area contributed by atoms with Crippen LogP contribution >= 0.6 is 11.6 Å². The van der Waals surface area contributed by atoms with Gasteiger partial charge in [0.05, 0.1) is 13.0 Å². The van der Waals surface area contributed by atoms with Gasteiger partial charge < -0.3 is 4.74 Å². The highest BCUT2D eigenvalue weighted by Gasteiger charge is 2.28. The highest BCUT2D eigenvalue weighted by molar-refractivity contribution is 6.63. The molecule has 0 aromatic heterocycles. The maximum absolute atomic E-state index is 11.2. The molecule has 3 nitrogen and oxygen atoms in total. The number of hydrogen-bond donors (Lipinski definition) is 0. The number of hydrogen-bond acceptors (Lipinski definition) is 3. The predicted molar refractivity (Wildman–Crippen MR) is 55.1 cm³/mol. The van der Waals surface area contributed by atoms with E-state index >= 15 is 0 Å². The molecule has 0 aliphatic rings. The third-order valence-corrected chi connectivity index (χ3v) is 2.43. The number of halogens is 1. The minimum Gasteiger partial charge on any atom is -0.466 e. The Kier molecular flexibility index (Phi) is 5.77. The van der Waals surface area contributed by atoms with Gasteiger partial charge in [0.1, 0.15) is 0 Å². The lowest BCUT2D eigenvalue weighted by molar-refractivity contribution is -0.145. The van der Waals surface area contributed by atoms with Gasteiger partial charge in [0.25, 0.3) is 0 Å². The average molecular weight is 221 g/mol. The second kappa shape index (κ2) is 6.02. The Morgan fingerprint density at radius 3 is 2.21 bits per heavy atom. The van der Waals surface area contributed by atoms with Crippen LogP contribution in [0.1, 0.15) is 40.0 Å². The zero-order chi connectivity index (χ0) is 11.2. The Hall–Kier alpha value is -0.570. The van der Waals surface area contributed by atoms with Gasteiger partial charge in [-0.05, 0) is 30.4 Å². The van der Waals surface area contributed by atoms with E-state index in [-0.39, 0.29) is 24.2 Å². The third kappa shape index (κ3) is 5.22. The van der Waals surface area contributed by atoms with E-state index in [1.54, 1.807) is 6.92 Å². The van der Waals surface area contributed by atoms with Crippen LogP contribution in [0.2, 0.25) is 0 Å². The first kappa shape index (κ1) is 13.4. The quantitative estimate of drug-likeness (QED) is 0.510. The smallest absolute Gasteiger partial charge is 0.306 e. The van der Waals surface area contributed by atoms with Gasteiger partial charge in [0.2, 0.25) is 5.24 Å². The van der Waals surface area contributed by atoms with Crippen LogP contribution in [0.4, 0.5) is 0 Å². The molecule has 14 heavy (non-hydrogen) atoms. The Labute approximate surface area is 89.8 Å². The van der Waals surface area contributed by atoms with Crippen molar-refractivity contribution >= 4 is 22.8 Å². The summed E-state index contributed by atoms with van der Waals surface area (Å²) in [6.45, 7) is 5.92. The minimum atomic E-state index is -0.404. The lowest BCUT2D eigenvalue weighted by Gasteiger charge is -2.24. The van der Waals surface area contributed by atoms with Crippen molar-refractivity contribution < 1.29 is 14.3 Å². The standard InChI is InChI=1S/C10H17ClO3/c1-4-10(3,6-8(11)12)7-9(13)14-5-2/h4-7H2,1-3H3. The number of carbonyl (C=O) groups is 2. The van der Waals surface area contributed by atoms with Gasteiger partial charge in [0, 0.05) is 6.42 Å². The van der Waals surface area contributed by atoms with E-state index in [9.17, 15) is 9.59 Å². The fourth-order valence-electron chi connectivity index (χ4n) is 1.21. The summed E-state index contributed by atoms with van der Waals surface area (Å²) in [5.74, 6) is -0.269. The lowest BCUT2D eigenvalue weighted by atomic mass is 9.81. The Bertz CT molecular complexity index is 215. The number of esters is 1. The van der Waals surface area contributed by atoms with Crippen LogP contribution < -0.4 is 0 Å². The first-order chi connectivity index (χ1) is 6.43. The summed E-state index contributed by atoms with van der Waals surface area (Å²) >= 11 is 5.31. The molecule has 0 radical (unpaired) electrons. The minimum absolute atomic E-state index is 0.212. The Morgan fingerprint density at radius 1 is 1.29 bits per heavy atom. The molecule has 82 valence electrons. The van der Waals surface area contributed by atoms with Crippen molar-refractivity contribution in [1.29, 1.82) is 0 Å². The molecule has 4 heteroatoms. The van der Waals surface area contributed by atoms with Crippen LogP contribution in [-0.2, 0) is 14.3 Å². The van der Waals surface area contributed by atoms with Crippen molar-refractivity contribution in [2.24, 2.45) is 5.41 Å². The van der Waals surface area contributed by atoms with Crippen LogP contribution in [0.25, 0.3) is 0 Å². The third-order valence-electron chi connectivity index (χ3n) is 2.30. The van der Waals surface area contributed by atoms with Crippen molar-refractivity contribution in [2.45, 2.75) is 40.0 Å². The molecular formula is C10H17ClO3. The fourth-order valence-corrected chi connectivity index (χ4v) is 1.53. The normalized spacial score (nSPS) is 14.6. The molecule has 0 fully saturated rings. The summed E-state index contributed by atoms with van der Waals surface area (Å²) in [5, 5.41) is -0.404. The first-order valence-corrected chi connectivity index (χ1v) is 5.15. The van der Waals surface area contributed by atoms with Crippen LogP contribution in [0.5, 0.6) is 0 Å². The molecule has 1 atom stereocenters. The van der Waals surface area contributed by atoms with Gasteiger partial charge >= 0.3 is 5.97 Å². The second-order valence-electron chi connectivity index (χ2n) is 3.68. The van der Waals surface area contributed by atoms with Crippen LogP contribution in [-0.4, -0.2) is 17.8 Å². The molecule has 0 aliphatic heterocycles. The summed E-state index contributed by atoms with van der Waals surface area (Å²) in [6, 6.07) is 0. The molecule has 0 N–H and O–H groups in total. The molecule has 0 rings (SSSR count). The SMILES string of the molecule is CCOC(=O)CC(C)(CC)CC(=O)Cl. The van der Waals surface area contributed by atoms with Gasteiger partial charge in [0.15, 0.2) is 0 Å². The van der Waals surface area contributed by atoms with E-state index in [1.807, 2.05) is 13.8 Å². The number of carbonyl (C=O) groups excluding carboxylic acids is 2. The molecule has 0 heterocycles.